The van der Waals surface area contributed by atoms with E-state index in [2.05, 4.69) is 5.32 Å². The first kappa shape index (κ1) is 17.4. The van der Waals surface area contributed by atoms with Crippen molar-refractivity contribution >= 4 is 15.9 Å². The third kappa shape index (κ3) is 5.70. The number of carbonyl (C=O) groups is 1. The second-order valence-corrected chi connectivity index (χ2v) is 6.34. The molecular formula is C13H21N3O4S. The largest absolute Gasteiger partial charge is 0.495 e. The van der Waals surface area contributed by atoms with E-state index in [1.807, 2.05) is 0 Å². The predicted molar refractivity (Wildman–Crippen MR) is 79.3 cm³/mol. The van der Waals surface area contributed by atoms with Gasteiger partial charge in [0.1, 0.15) is 10.6 Å². The van der Waals surface area contributed by atoms with E-state index in [0.717, 1.165) is 5.56 Å². The maximum absolute atomic E-state index is 11.5. The van der Waals surface area contributed by atoms with Crippen molar-refractivity contribution in [2.24, 2.45) is 10.9 Å². The summed E-state index contributed by atoms with van der Waals surface area (Å²) in [6.45, 7) is 2.14. The summed E-state index contributed by atoms with van der Waals surface area (Å²) in [7, 11) is -2.48. The molecule has 8 heteroatoms. The summed E-state index contributed by atoms with van der Waals surface area (Å²) in [5.41, 5.74) is 6.26. The highest BCUT2D eigenvalue weighted by atomic mass is 32.2. The molecule has 21 heavy (non-hydrogen) atoms. The van der Waals surface area contributed by atoms with Gasteiger partial charge in [0.05, 0.1) is 7.11 Å². The zero-order valence-corrected chi connectivity index (χ0v) is 12.9. The second kappa shape index (κ2) is 7.39. The molecule has 0 radical (unpaired) electrons. The zero-order chi connectivity index (χ0) is 16.0. The lowest BCUT2D eigenvalue weighted by atomic mass is 10.1. The van der Waals surface area contributed by atoms with Crippen LogP contribution >= 0.6 is 0 Å². The lowest BCUT2D eigenvalue weighted by molar-refractivity contribution is -0.121. The summed E-state index contributed by atoms with van der Waals surface area (Å²) in [6, 6.07) is 4.52. The van der Waals surface area contributed by atoms with Crippen molar-refractivity contribution in [1.82, 2.24) is 5.32 Å². The van der Waals surface area contributed by atoms with Crippen molar-refractivity contribution in [2.75, 3.05) is 13.7 Å². The van der Waals surface area contributed by atoms with Crippen LogP contribution in [0.2, 0.25) is 0 Å². The van der Waals surface area contributed by atoms with Crippen LogP contribution in [0.15, 0.2) is 23.1 Å². The fourth-order valence-corrected chi connectivity index (χ4v) is 2.56. The van der Waals surface area contributed by atoms with Crippen molar-refractivity contribution in [3.05, 3.63) is 23.8 Å². The smallest absolute Gasteiger partial charge is 0.241 e. The lowest BCUT2D eigenvalue weighted by Gasteiger charge is -2.10. The molecule has 1 rings (SSSR count). The standard InChI is InChI=1S/C13H21N3O4S/c1-9(14)7-13(17)16-6-5-10-3-4-11(20-2)12(8-10)21(15,18)19/h3-4,8-9H,5-7,14H2,1-2H3,(H,16,17)(H2,15,18,19). The SMILES string of the molecule is COc1ccc(CCNC(=O)CC(C)N)cc1S(N)(=O)=O. The Bertz CT molecular complexity index is 599. The van der Waals surface area contributed by atoms with Gasteiger partial charge < -0.3 is 15.8 Å². The van der Waals surface area contributed by atoms with Crippen LogP contribution < -0.4 is 20.9 Å². The number of nitrogens with two attached hydrogens (primary N) is 2. The van der Waals surface area contributed by atoms with Crippen LogP contribution in [0.4, 0.5) is 0 Å². The highest BCUT2D eigenvalue weighted by Crippen LogP contribution is 2.23. The van der Waals surface area contributed by atoms with Gasteiger partial charge in [-0.15, -0.1) is 0 Å². The summed E-state index contributed by atoms with van der Waals surface area (Å²) >= 11 is 0. The van der Waals surface area contributed by atoms with E-state index in [9.17, 15) is 13.2 Å². The lowest BCUT2D eigenvalue weighted by Crippen LogP contribution is -2.31. The highest BCUT2D eigenvalue weighted by molar-refractivity contribution is 7.89. The maximum Gasteiger partial charge on any atom is 0.241 e. The van der Waals surface area contributed by atoms with E-state index in [4.69, 9.17) is 15.6 Å². The molecular weight excluding hydrogens is 294 g/mol. The molecule has 0 saturated heterocycles. The number of benzene rings is 1. The first-order valence-corrected chi connectivity index (χ1v) is 8.00. The number of amides is 1. The molecule has 0 aliphatic rings. The molecule has 0 aliphatic carbocycles. The molecule has 1 unspecified atom stereocenters. The normalized spacial score (nSPS) is 12.8. The molecule has 1 atom stereocenters. The second-order valence-electron chi connectivity index (χ2n) is 4.81. The van der Waals surface area contributed by atoms with Crippen LogP contribution in [0, 0.1) is 0 Å². The van der Waals surface area contributed by atoms with E-state index in [0.29, 0.717) is 13.0 Å². The Morgan fingerprint density at radius 1 is 1.43 bits per heavy atom. The van der Waals surface area contributed by atoms with E-state index in [-0.39, 0.29) is 29.0 Å². The maximum atomic E-state index is 11.5. The fraction of sp³-hybridized carbons (Fsp3) is 0.462. The van der Waals surface area contributed by atoms with Crippen LogP contribution in [0.25, 0.3) is 0 Å². The van der Waals surface area contributed by atoms with Crippen molar-refractivity contribution in [3.8, 4) is 5.75 Å². The molecule has 0 fully saturated rings. The van der Waals surface area contributed by atoms with Crippen molar-refractivity contribution < 1.29 is 17.9 Å². The molecule has 0 spiro atoms. The Hall–Kier alpha value is -1.64. The van der Waals surface area contributed by atoms with Crippen molar-refractivity contribution in [3.63, 3.8) is 0 Å². The minimum absolute atomic E-state index is 0.0654. The van der Waals surface area contributed by atoms with Crippen molar-refractivity contribution in [1.29, 1.82) is 0 Å². The molecule has 0 aliphatic heterocycles. The zero-order valence-electron chi connectivity index (χ0n) is 12.1. The molecule has 1 aromatic rings. The highest BCUT2D eigenvalue weighted by Gasteiger charge is 2.15. The minimum Gasteiger partial charge on any atom is -0.495 e. The Morgan fingerprint density at radius 2 is 2.10 bits per heavy atom. The van der Waals surface area contributed by atoms with Gasteiger partial charge in [0.25, 0.3) is 0 Å². The van der Waals surface area contributed by atoms with Crippen LogP contribution in [0.1, 0.15) is 18.9 Å². The average molecular weight is 315 g/mol. The molecule has 1 aromatic carbocycles. The molecule has 5 N–H and O–H groups in total. The number of hydrogen-bond acceptors (Lipinski definition) is 5. The summed E-state index contributed by atoms with van der Waals surface area (Å²) in [6.07, 6.45) is 0.738. The Morgan fingerprint density at radius 3 is 2.62 bits per heavy atom. The third-order valence-corrected chi connectivity index (χ3v) is 3.71. The van der Waals surface area contributed by atoms with Crippen LogP contribution in [0.3, 0.4) is 0 Å². The van der Waals surface area contributed by atoms with E-state index in [1.54, 1.807) is 19.1 Å². The van der Waals surface area contributed by atoms with E-state index in [1.165, 1.54) is 13.2 Å². The average Bonchev–Trinajstić information content (AvgIpc) is 2.36. The Balaban J connectivity index is 2.71. The third-order valence-electron chi connectivity index (χ3n) is 2.78. The van der Waals surface area contributed by atoms with Gasteiger partial charge in [-0.25, -0.2) is 13.6 Å². The Kier molecular flexibility index (Phi) is 6.13. The first-order valence-electron chi connectivity index (χ1n) is 6.46. The predicted octanol–water partition coefficient (Wildman–Crippen LogP) is -0.261. The summed E-state index contributed by atoms with van der Waals surface area (Å²) in [4.78, 5) is 11.4. The van der Waals surface area contributed by atoms with Crippen LogP contribution in [-0.4, -0.2) is 34.0 Å². The molecule has 0 aromatic heterocycles. The van der Waals surface area contributed by atoms with Gasteiger partial charge in [-0.2, -0.15) is 0 Å². The minimum atomic E-state index is -3.85. The number of ether oxygens (including phenoxy) is 1. The molecule has 1 amide bonds. The number of rotatable bonds is 7. The first-order chi connectivity index (χ1) is 9.74. The van der Waals surface area contributed by atoms with Gasteiger partial charge in [0, 0.05) is 19.0 Å². The Labute approximate surface area is 124 Å². The monoisotopic (exact) mass is 315 g/mol. The van der Waals surface area contributed by atoms with Gasteiger partial charge in [-0.1, -0.05) is 6.07 Å². The quantitative estimate of drug-likeness (QED) is 0.639. The number of carbonyl (C=O) groups excluding carboxylic acids is 1. The molecule has 7 nitrogen and oxygen atoms in total. The van der Waals surface area contributed by atoms with Gasteiger partial charge >= 0.3 is 0 Å². The topological polar surface area (TPSA) is 125 Å². The van der Waals surface area contributed by atoms with E-state index < -0.39 is 10.0 Å². The summed E-state index contributed by atoms with van der Waals surface area (Å²) in [5, 5.41) is 7.86. The van der Waals surface area contributed by atoms with Crippen LogP contribution in [0.5, 0.6) is 5.75 Å². The number of nitrogens with one attached hydrogen (secondary N) is 1. The number of hydrogen-bond donors (Lipinski definition) is 3. The number of sulfonamides is 1. The van der Waals surface area contributed by atoms with Crippen molar-refractivity contribution in [2.45, 2.75) is 30.7 Å². The van der Waals surface area contributed by atoms with Gasteiger partial charge in [0.2, 0.25) is 15.9 Å². The summed E-state index contributed by atoms with van der Waals surface area (Å²) < 4.78 is 27.9. The van der Waals surface area contributed by atoms with Gasteiger partial charge in [-0.05, 0) is 31.0 Å². The number of primary sulfonamides is 1. The molecule has 118 valence electrons. The van der Waals surface area contributed by atoms with Crippen LogP contribution in [-0.2, 0) is 21.2 Å². The summed E-state index contributed by atoms with van der Waals surface area (Å²) in [5.74, 6) is 0.0624. The molecule has 0 saturated carbocycles. The van der Waals surface area contributed by atoms with Gasteiger partial charge in [0.15, 0.2) is 0 Å². The number of methoxy groups -OCH3 is 1. The molecule has 0 heterocycles. The van der Waals surface area contributed by atoms with Gasteiger partial charge in [-0.3, -0.25) is 4.79 Å². The van der Waals surface area contributed by atoms with E-state index >= 15 is 0 Å². The fourth-order valence-electron chi connectivity index (χ4n) is 1.81. The molecule has 0 bridgehead atoms.